The summed E-state index contributed by atoms with van der Waals surface area (Å²) in [5.74, 6) is 0.174. The first-order chi connectivity index (χ1) is 13.8. The monoisotopic (exact) mass is 421 g/mol. The number of H-pyrrole nitrogens is 1. The molecule has 2 aromatic heterocycles. The van der Waals surface area contributed by atoms with E-state index in [1.165, 1.54) is 4.57 Å². The third-order valence-electron chi connectivity index (χ3n) is 4.82. The number of aromatic amines is 1. The molecule has 2 saturated heterocycles. The van der Waals surface area contributed by atoms with E-state index in [1.54, 1.807) is 24.3 Å². The smallest absolute Gasteiger partial charge is 0.386 e. The van der Waals surface area contributed by atoms with Crippen LogP contribution >= 0.6 is 7.82 Å². The van der Waals surface area contributed by atoms with Gasteiger partial charge in [0.15, 0.2) is 17.4 Å². The molecule has 0 saturated carbocycles. The molecule has 2 fully saturated rings. The summed E-state index contributed by atoms with van der Waals surface area (Å²) in [5.41, 5.74) is 5.90. The number of phosphoric ester groups is 1. The van der Waals surface area contributed by atoms with Crippen molar-refractivity contribution < 1.29 is 28.3 Å². The quantitative estimate of drug-likeness (QED) is 0.417. The zero-order valence-electron chi connectivity index (χ0n) is 14.7. The van der Waals surface area contributed by atoms with Crippen LogP contribution in [0.2, 0.25) is 0 Å². The molecule has 5 N–H and O–H groups in total. The van der Waals surface area contributed by atoms with E-state index in [2.05, 4.69) is 15.0 Å². The molecule has 0 aliphatic carbocycles. The summed E-state index contributed by atoms with van der Waals surface area (Å²) in [4.78, 5) is 32.9. The summed E-state index contributed by atoms with van der Waals surface area (Å²) in [7, 11) is -4.29. The van der Waals surface area contributed by atoms with Gasteiger partial charge in [0.2, 0.25) is 5.95 Å². The van der Waals surface area contributed by atoms with Gasteiger partial charge in [-0.15, -0.1) is 0 Å². The van der Waals surface area contributed by atoms with Crippen molar-refractivity contribution in [3.63, 3.8) is 0 Å². The van der Waals surface area contributed by atoms with Crippen LogP contribution in [0, 0.1) is 0 Å². The number of aliphatic hydroxyl groups excluding tert-OH is 1. The number of aromatic nitrogens is 4. The van der Waals surface area contributed by atoms with Gasteiger partial charge in [0.05, 0.1) is 6.61 Å². The van der Waals surface area contributed by atoms with Gasteiger partial charge in [-0.25, -0.2) is 9.55 Å². The van der Waals surface area contributed by atoms with Crippen molar-refractivity contribution >= 4 is 24.9 Å². The Balaban J connectivity index is 1.70. The van der Waals surface area contributed by atoms with Crippen molar-refractivity contribution in [2.45, 2.75) is 24.5 Å². The number of nitrogens with one attached hydrogen (secondary N) is 1. The number of ether oxygens (including phenoxy) is 1. The van der Waals surface area contributed by atoms with Gasteiger partial charge in [-0.05, 0) is 0 Å². The van der Waals surface area contributed by atoms with E-state index in [4.69, 9.17) is 19.5 Å². The lowest BCUT2D eigenvalue weighted by atomic mass is 10.1. The predicted octanol–water partition coefficient (Wildman–Crippen LogP) is 0.143. The van der Waals surface area contributed by atoms with E-state index in [9.17, 15) is 19.4 Å². The van der Waals surface area contributed by atoms with Crippen LogP contribution in [0.5, 0.6) is 0 Å². The molecule has 12 nitrogen and oxygen atoms in total. The molecule has 152 valence electrons. The lowest BCUT2D eigenvalue weighted by Crippen LogP contribution is -2.39. The molecule has 4 heterocycles. The number of imidazole rings is 1. The highest BCUT2D eigenvalue weighted by molar-refractivity contribution is 7.47. The molecule has 29 heavy (non-hydrogen) atoms. The van der Waals surface area contributed by atoms with E-state index >= 15 is 0 Å². The minimum Gasteiger partial charge on any atom is -0.386 e. The van der Waals surface area contributed by atoms with Crippen molar-refractivity contribution in [2.75, 3.05) is 12.3 Å². The fraction of sp³-hybridized carbons (Fsp3) is 0.312. The number of nitrogens with zero attached hydrogens (tertiary/aromatic N) is 3. The maximum absolute atomic E-state index is 12.4. The van der Waals surface area contributed by atoms with Crippen molar-refractivity contribution in [1.29, 1.82) is 0 Å². The minimum absolute atomic E-state index is 0.00808. The number of phosphoric acid groups is 1. The predicted molar refractivity (Wildman–Crippen MR) is 98.6 cm³/mol. The molecule has 5 atom stereocenters. The summed E-state index contributed by atoms with van der Waals surface area (Å²) < 4.78 is 28.8. The van der Waals surface area contributed by atoms with Crippen LogP contribution < -0.4 is 11.3 Å². The van der Waals surface area contributed by atoms with Gasteiger partial charge in [0.25, 0.3) is 5.56 Å². The first-order valence-corrected chi connectivity index (χ1v) is 10.2. The summed E-state index contributed by atoms with van der Waals surface area (Å²) in [5, 5.41) is 10.8. The lowest BCUT2D eigenvalue weighted by Gasteiger charge is -2.27. The standard InChI is InChI=1S/C16H16N5O7P/c17-16-19-13-9(14(23)20-16)18-12(7-4-2-1-3-5-7)21(13)15-10(22)11-8(27-15)6-26-29(24,25)28-11/h1-5,8,10-11,15,22H,6H2,(H,24,25)(H3,17,19,20,23)/t8?,10?,11-,15-/m1/s1. The number of nitrogens with two attached hydrogens (primary N) is 1. The molecule has 5 rings (SSSR count). The van der Waals surface area contributed by atoms with Gasteiger partial charge in [-0.1, -0.05) is 30.3 Å². The summed E-state index contributed by atoms with van der Waals surface area (Å²) >= 11 is 0. The molecule has 0 radical (unpaired) electrons. The van der Waals surface area contributed by atoms with Crippen LogP contribution in [0.1, 0.15) is 6.23 Å². The number of rotatable bonds is 2. The second kappa shape index (κ2) is 6.46. The first kappa shape index (κ1) is 18.4. The van der Waals surface area contributed by atoms with Gasteiger partial charge in [0.1, 0.15) is 24.1 Å². The first-order valence-electron chi connectivity index (χ1n) is 8.66. The lowest BCUT2D eigenvalue weighted by molar-refractivity contribution is -0.0660. The fourth-order valence-electron chi connectivity index (χ4n) is 3.58. The molecular formula is C16H16N5O7P. The Labute approximate surface area is 162 Å². The van der Waals surface area contributed by atoms with Crippen LogP contribution in [0.4, 0.5) is 5.95 Å². The maximum atomic E-state index is 12.4. The van der Waals surface area contributed by atoms with Crippen LogP contribution in [0.15, 0.2) is 35.1 Å². The molecular weight excluding hydrogens is 405 g/mol. The highest BCUT2D eigenvalue weighted by atomic mass is 31.2. The van der Waals surface area contributed by atoms with Crippen LogP contribution in [0.3, 0.4) is 0 Å². The number of aliphatic hydroxyl groups is 1. The zero-order chi connectivity index (χ0) is 20.3. The van der Waals surface area contributed by atoms with E-state index in [0.29, 0.717) is 11.4 Å². The highest BCUT2D eigenvalue weighted by Crippen LogP contribution is 2.52. The van der Waals surface area contributed by atoms with Crippen molar-refractivity contribution in [3.8, 4) is 11.4 Å². The number of benzene rings is 1. The second-order valence-electron chi connectivity index (χ2n) is 6.68. The minimum atomic E-state index is -4.29. The average molecular weight is 421 g/mol. The normalized spacial score (nSPS) is 31.8. The SMILES string of the molecule is Nc1nc2c(nc(-c3ccccc3)n2[C@@H]2OC3COP(=O)(O)O[C@H]3C2O)c(=O)[nH]1. The number of hydrogen-bond donors (Lipinski definition) is 4. The van der Waals surface area contributed by atoms with Crippen LogP contribution in [0.25, 0.3) is 22.6 Å². The Bertz CT molecular complexity index is 1200. The van der Waals surface area contributed by atoms with E-state index in [-0.39, 0.29) is 23.7 Å². The third kappa shape index (κ3) is 2.97. The fourth-order valence-corrected chi connectivity index (χ4v) is 4.55. The third-order valence-corrected chi connectivity index (χ3v) is 5.81. The van der Waals surface area contributed by atoms with E-state index in [0.717, 1.165) is 0 Å². The van der Waals surface area contributed by atoms with Gasteiger partial charge < -0.3 is 20.5 Å². The van der Waals surface area contributed by atoms with Crippen LogP contribution in [-0.2, 0) is 18.3 Å². The number of hydrogen-bond acceptors (Lipinski definition) is 9. The van der Waals surface area contributed by atoms with Gasteiger partial charge in [-0.3, -0.25) is 23.4 Å². The molecule has 13 heteroatoms. The van der Waals surface area contributed by atoms with Crippen molar-refractivity contribution in [3.05, 3.63) is 40.7 Å². The van der Waals surface area contributed by atoms with E-state index in [1.807, 2.05) is 6.07 Å². The average Bonchev–Trinajstić information content (AvgIpc) is 3.20. The number of nitrogen functional groups attached to an aromatic ring is 1. The molecule has 0 bridgehead atoms. The van der Waals surface area contributed by atoms with Gasteiger partial charge in [0, 0.05) is 5.56 Å². The maximum Gasteiger partial charge on any atom is 0.472 e. The molecule has 2 aliphatic heterocycles. The Kier molecular flexibility index (Phi) is 4.10. The van der Waals surface area contributed by atoms with E-state index < -0.39 is 37.9 Å². The summed E-state index contributed by atoms with van der Waals surface area (Å²) in [6, 6.07) is 8.93. The molecule has 1 aromatic carbocycles. The Morgan fingerprint density at radius 3 is 2.79 bits per heavy atom. The van der Waals surface area contributed by atoms with Gasteiger partial charge in [-0.2, -0.15) is 4.98 Å². The molecule has 2 aliphatic rings. The molecule has 0 spiro atoms. The Morgan fingerprint density at radius 2 is 2.03 bits per heavy atom. The molecule has 3 aromatic rings. The summed E-state index contributed by atoms with van der Waals surface area (Å²) in [6.45, 7) is -0.241. The Hall–Kier alpha value is -2.60. The second-order valence-corrected chi connectivity index (χ2v) is 8.09. The zero-order valence-corrected chi connectivity index (χ0v) is 15.6. The molecule has 3 unspecified atom stereocenters. The molecule has 0 amide bonds. The number of anilines is 1. The van der Waals surface area contributed by atoms with Crippen molar-refractivity contribution in [1.82, 2.24) is 19.5 Å². The largest absolute Gasteiger partial charge is 0.472 e. The van der Waals surface area contributed by atoms with Crippen LogP contribution in [-0.4, -0.2) is 54.4 Å². The summed E-state index contributed by atoms with van der Waals surface area (Å²) in [6.07, 6.45) is -4.37. The Morgan fingerprint density at radius 1 is 1.28 bits per heavy atom. The van der Waals surface area contributed by atoms with Gasteiger partial charge >= 0.3 is 7.82 Å². The number of fused-ring (bicyclic) bond motifs is 2. The van der Waals surface area contributed by atoms with Crippen molar-refractivity contribution in [2.24, 2.45) is 0 Å². The topological polar surface area (TPSA) is 175 Å². The highest BCUT2D eigenvalue weighted by Gasteiger charge is 2.53.